The van der Waals surface area contributed by atoms with Crippen molar-refractivity contribution in [2.24, 2.45) is 0 Å². The third-order valence-corrected chi connectivity index (χ3v) is 8.45. The Morgan fingerprint density at radius 3 is 2.20 bits per heavy atom. The number of ether oxygens (including phenoxy) is 1. The number of anilines is 3. The van der Waals surface area contributed by atoms with Crippen LogP contribution in [0.25, 0.3) is 0 Å². The quantitative estimate of drug-likeness (QED) is 0.146. The molecule has 0 aliphatic rings. The minimum Gasteiger partial charge on any atom is -0.506 e. The van der Waals surface area contributed by atoms with Gasteiger partial charge in [-0.05, 0) is 84.5 Å². The van der Waals surface area contributed by atoms with Gasteiger partial charge in [-0.3, -0.25) is 4.79 Å². The highest BCUT2D eigenvalue weighted by Gasteiger charge is 2.29. The Morgan fingerprint density at radius 2 is 1.59 bits per heavy atom. The third kappa shape index (κ3) is 8.53. The summed E-state index contributed by atoms with van der Waals surface area (Å²) >= 11 is 0. The highest BCUT2D eigenvalue weighted by atomic mass is 16.5. The average Bonchev–Trinajstić information content (AvgIpc) is 3.01. The molecule has 8 heteroatoms. The van der Waals surface area contributed by atoms with Gasteiger partial charge in [-0.25, -0.2) is 4.79 Å². The zero-order valence-electron chi connectivity index (χ0n) is 27.0. The number of para-hydroxylation sites is 1. The Bertz CT molecular complexity index is 1490. The van der Waals surface area contributed by atoms with Crippen LogP contribution in [0.5, 0.6) is 11.5 Å². The van der Waals surface area contributed by atoms with Crippen LogP contribution in [-0.2, 0) is 15.6 Å². The Balaban J connectivity index is 1.88. The van der Waals surface area contributed by atoms with Crippen LogP contribution in [0, 0.1) is 11.3 Å². The van der Waals surface area contributed by atoms with E-state index in [1.807, 2.05) is 12.1 Å². The van der Waals surface area contributed by atoms with Gasteiger partial charge in [-0.2, -0.15) is 5.26 Å². The van der Waals surface area contributed by atoms with Crippen molar-refractivity contribution in [1.82, 2.24) is 0 Å². The minimum atomic E-state index is -0.797. The molecule has 0 saturated carbocycles. The van der Waals surface area contributed by atoms with Crippen molar-refractivity contribution in [1.29, 1.82) is 5.26 Å². The molecule has 0 bridgehead atoms. The van der Waals surface area contributed by atoms with Crippen molar-refractivity contribution >= 4 is 29.0 Å². The van der Waals surface area contributed by atoms with E-state index in [1.165, 1.54) is 11.6 Å². The number of amides is 3. The number of urea groups is 1. The van der Waals surface area contributed by atoms with Gasteiger partial charge >= 0.3 is 6.03 Å². The largest absolute Gasteiger partial charge is 0.506 e. The molecule has 0 heterocycles. The number of nitriles is 1. The lowest BCUT2D eigenvalue weighted by Gasteiger charge is -2.31. The smallest absolute Gasteiger partial charge is 0.323 e. The summed E-state index contributed by atoms with van der Waals surface area (Å²) in [6.45, 7) is 15.2. The van der Waals surface area contributed by atoms with Crippen LogP contribution in [0.1, 0.15) is 97.3 Å². The fourth-order valence-corrected chi connectivity index (χ4v) is 4.66. The molecule has 3 amide bonds. The van der Waals surface area contributed by atoms with Crippen molar-refractivity contribution in [3.05, 3.63) is 77.4 Å². The summed E-state index contributed by atoms with van der Waals surface area (Å²) in [7, 11) is 0. The summed E-state index contributed by atoms with van der Waals surface area (Å²) in [5.41, 5.74) is 3.35. The second kappa shape index (κ2) is 14.8. The van der Waals surface area contributed by atoms with Crippen LogP contribution in [0.4, 0.5) is 21.9 Å². The highest BCUT2D eigenvalue weighted by molar-refractivity contribution is 6.06. The molecule has 3 aromatic carbocycles. The van der Waals surface area contributed by atoms with Gasteiger partial charge in [0.1, 0.15) is 17.2 Å². The number of hydrogen-bond donors (Lipinski definition) is 4. The molecule has 0 aromatic heterocycles. The maximum Gasteiger partial charge on any atom is 0.323 e. The van der Waals surface area contributed by atoms with E-state index in [0.717, 1.165) is 31.2 Å². The molecule has 4 N–H and O–H groups in total. The van der Waals surface area contributed by atoms with Crippen molar-refractivity contribution in [2.75, 3.05) is 16.0 Å². The standard InChI is InChI=1S/C36H46N4O4/c1-8-11-15-31(44-30-21-18-25(35(4,5)9-2)22-27(30)36(6,7)10-3)33(42)39-28-13-12-14-29(41)32(28)40-34(43)38-26-19-16-24(23-37)17-20-26/h12-14,16-22,31,41H,8-11,15H2,1-7H3,(H,39,42)(H2,38,40,43). The van der Waals surface area contributed by atoms with Crippen LogP contribution in [-0.4, -0.2) is 23.1 Å². The SMILES string of the molecule is CCCCC(Oc1ccc(C(C)(C)CC)cc1C(C)(C)CC)C(=O)Nc1cccc(O)c1NC(=O)Nc1ccc(C#N)cc1. The predicted molar refractivity (Wildman–Crippen MR) is 178 cm³/mol. The second-order valence-electron chi connectivity index (χ2n) is 12.4. The van der Waals surface area contributed by atoms with Gasteiger partial charge in [0.15, 0.2) is 6.10 Å². The average molecular weight is 599 g/mol. The number of carbonyl (C=O) groups excluding carboxylic acids is 2. The number of nitrogens with one attached hydrogen (secondary N) is 3. The maximum atomic E-state index is 13.8. The van der Waals surface area contributed by atoms with Crippen LogP contribution in [0.2, 0.25) is 0 Å². The Morgan fingerprint density at radius 1 is 0.909 bits per heavy atom. The number of aromatic hydroxyl groups is 1. The van der Waals surface area contributed by atoms with E-state index < -0.39 is 12.1 Å². The molecule has 234 valence electrons. The first-order chi connectivity index (χ1) is 20.8. The van der Waals surface area contributed by atoms with E-state index in [2.05, 4.69) is 76.5 Å². The zero-order valence-corrected chi connectivity index (χ0v) is 27.0. The van der Waals surface area contributed by atoms with Gasteiger partial charge < -0.3 is 25.8 Å². The second-order valence-corrected chi connectivity index (χ2v) is 12.4. The summed E-state index contributed by atoms with van der Waals surface area (Å²) in [6.07, 6.45) is 3.26. The molecule has 3 aromatic rings. The molecule has 1 atom stereocenters. The van der Waals surface area contributed by atoms with Crippen LogP contribution >= 0.6 is 0 Å². The van der Waals surface area contributed by atoms with Crippen LogP contribution < -0.4 is 20.7 Å². The van der Waals surface area contributed by atoms with E-state index in [1.54, 1.807) is 36.4 Å². The van der Waals surface area contributed by atoms with Crippen molar-refractivity contribution in [2.45, 2.75) is 97.5 Å². The molecule has 8 nitrogen and oxygen atoms in total. The Labute approximate surface area is 261 Å². The van der Waals surface area contributed by atoms with E-state index in [-0.39, 0.29) is 33.9 Å². The fraction of sp³-hybridized carbons (Fsp3) is 0.417. The van der Waals surface area contributed by atoms with E-state index in [0.29, 0.717) is 23.4 Å². The highest BCUT2D eigenvalue weighted by Crippen LogP contribution is 2.39. The van der Waals surface area contributed by atoms with Gasteiger partial charge in [0, 0.05) is 11.3 Å². The lowest BCUT2D eigenvalue weighted by Crippen LogP contribution is -2.34. The van der Waals surface area contributed by atoms with Crippen molar-refractivity contribution < 1.29 is 19.4 Å². The number of phenols is 1. The first-order valence-corrected chi connectivity index (χ1v) is 15.4. The molecule has 0 saturated heterocycles. The summed E-state index contributed by atoms with van der Waals surface area (Å²) in [5, 5.41) is 27.8. The summed E-state index contributed by atoms with van der Waals surface area (Å²) < 4.78 is 6.52. The lowest BCUT2D eigenvalue weighted by atomic mass is 9.76. The van der Waals surface area contributed by atoms with Gasteiger partial charge in [0.05, 0.1) is 17.3 Å². The van der Waals surface area contributed by atoms with E-state index >= 15 is 0 Å². The molecule has 0 radical (unpaired) electrons. The third-order valence-electron chi connectivity index (χ3n) is 8.45. The molecular formula is C36H46N4O4. The molecule has 0 fully saturated rings. The molecule has 1 unspecified atom stereocenters. The number of unbranched alkanes of at least 4 members (excludes halogenated alkanes) is 1. The molecule has 0 aliphatic carbocycles. The summed E-state index contributed by atoms with van der Waals surface area (Å²) in [6, 6.07) is 18.7. The molecule has 3 rings (SSSR count). The summed E-state index contributed by atoms with van der Waals surface area (Å²) in [4.78, 5) is 26.5. The van der Waals surface area contributed by atoms with Crippen molar-refractivity contribution in [3.8, 4) is 17.6 Å². The fourth-order valence-electron chi connectivity index (χ4n) is 4.66. The monoisotopic (exact) mass is 598 g/mol. The zero-order chi connectivity index (χ0) is 32.5. The van der Waals surface area contributed by atoms with Gasteiger partial charge in [-0.15, -0.1) is 0 Å². The van der Waals surface area contributed by atoms with Crippen molar-refractivity contribution in [3.63, 3.8) is 0 Å². The predicted octanol–water partition coefficient (Wildman–Crippen LogP) is 8.86. The first-order valence-electron chi connectivity index (χ1n) is 15.4. The number of carbonyl (C=O) groups is 2. The Kier molecular flexibility index (Phi) is 11.4. The minimum absolute atomic E-state index is 0.00117. The molecule has 0 spiro atoms. The normalized spacial score (nSPS) is 12.1. The van der Waals surface area contributed by atoms with Gasteiger partial charge in [0.25, 0.3) is 5.91 Å². The summed E-state index contributed by atoms with van der Waals surface area (Å²) in [5.74, 6) is 0.0996. The number of rotatable bonds is 13. The topological polar surface area (TPSA) is 123 Å². The van der Waals surface area contributed by atoms with Crippen LogP contribution in [0.15, 0.2) is 60.7 Å². The number of nitrogens with zero attached hydrogens (tertiary/aromatic N) is 1. The van der Waals surface area contributed by atoms with Gasteiger partial charge in [0.2, 0.25) is 0 Å². The number of phenolic OH excluding ortho intramolecular Hbond substituents is 1. The van der Waals surface area contributed by atoms with E-state index in [9.17, 15) is 14.7 Å². The molecule has 44 heavy (non-hydrogen) atoms. The van der Waals surface area contributed by atoms with Crippen LogP contribution in [0.3, 0.4) is 0 Å². The Hall–Kier alpha value is -4.51. The molecular weight excluding hydrogens is 552 g/mol. The first kappa shape index (κ1) is 34.0. The van der Waals surface area contributed by atoms with Gasteiger partial charge in [-0.1, -0.05) is 73.1 Å². The van der Waals surface area contributed by atoms with E-state index in [4.69, 9.17) is 10.00 Å². The maximum absolute atomic E-state index is 13.8. The lowest BCUT2D eigenvalue weighted by molar-refractivity contribution is -0.123. The number of benzene rings is 3. The number of hydrogen-bond acceptors (Lipinski definition) is 5. The molecule has 0 aliphatic heterocycles.